The van der Waals surface area contributed by atoms with Gasteiger partial charge in [-0.2, -0.15) is 4.31 Å². The van der Waals surface area contributed by atoms with Crippen LogP contribution >= 0.6 is 22.7 Å². The van der Waals surface area contributed by atoms with E-state index in [0.29, 0.717) is 41.5 Å². The Hall–Kier alpha value is -2.86. The summed E-state index contributed by atoms with van der Waals surface area (Å²) < 4.78 is 35.0. The average Bonchev–Trinajstić information content (AvgIpc) is 3.60. The first-order valence-corrected chi connectivity index (χ1v) is 14.7. The lowest BCUT2D eigenvalue weighted by Crippen LogP contribution is -2.52. The molecule has 36 heavy (non-hydrogen) atoms. The molecule has 188 valence electrons. The number of hydrogen-bond donors (Lipinski definition) is 0. The maximum atomic E-state index is 14.2. The predicted octanol–water partition coefficient (Wildman–Crippen LogP) is 4.85. The molecule has 4 heterocycles. The van der Waals surface area contributed by atoms with E-state index in [4.69, 9.17) is 9.72 Å². The van der Waals surface area contributed by atoms with Crippen LogP contribution in [0.15, 0.2) is 58.3 Å². The second kappa shape index (κ2) is 10.3. The summed E-state index contributed by atoms with van der Waals surface area (Å²) in [6.45, 7) is 2.48. The van der Waals surface area contributed by atoms with Crippen molar-refractivity contribution in [1.29, 1.82) is 0 Å². The van der Waals surface area contributed by atoms with Crippen molar-refractivity contribution in [1.82, 2.24) is 14.3 Å². The van der Waals surface area contributed by atoms with Crippen molar-refractivity contribution < 1.29 is 17.9 Å². The highest BCUT2D eigenvalue weighted by atomic mass is 32.2. The third-order valence-electron chi connectivity index (χ3n) is 6.25. The molecule has 1 amide bonds. The first-order chi connectivity index (χ1) is 17.4. The molecule has 4 aromatic rings. The van der Waals surface area contributed by atoms with Crippen molar-refractivity contribution in [2.24, 2.45) is 0 Å². The first kappa shape index (κ1) is 24.8. The summed E-state index contributed by atoms with van der Waals surface area (Å²) in [5, 5.41) is 2.23. The molecule has 0 N–H and O–H groups in total. The summed E-state index contributed by atoms with van der Waals surface area (Å²) in [6.07, 6.45) is 3.62. The second-order valence-corrected chi connectivity index (χ2v) is 12.6. The van der Waals surface area contributed by atoms with Gasteiger partial charge in [-0.05, 0) is 55.0 Å². The average molecular weight is 543 g/mol. The van der Waals surface area contributed by atoms with Crippen LogP contribution in [0.25, 0.3) is 10.2 Å². The third-order valence-corrected chi connectivity index (χ3v) is 10.7. The van der Waals surface area contributed by atoms with Gasteiger partial charge >= 0.3 is 0 Å². The minimum atomic E-state index is -3.79. The second-order valence-electron chi connectivity index (χ2n) is 8.56. The van der Waals surface area contributed by atoms with Crippen LogP contribution in [0.1, 0.15) is 30.5 Å². The SMILES string of the molecule is COc1ccc(C)c2sc(N(Cc3ccccn3)C(=O)C3CCCCN3S(=O)(=O)c3cccs3)nc12. The minimum absolute atomic E-state index is 0.185. The van der Waals surface area contributed by atoms with Gasteiger partial charge in [-0.15, -0.1) is 11.3 Å². The summed E-state index contributed by atoms with van der Waals surface area (Å²) in [5.74, 6) is 0.332. The zero-order valence-corrected chi connectivity index (χ0v) is 22.4. The number of carbonyl (C=O) groups excluding carboxylic acids is 1. The summed E-state index contributed by atoms with van der Waals surface area (Å²) in [6, 6.07) is 11.8. The maximum absolute atomic E-state index is 14.2. The summed E-state index contributed by atoms with van der Waals surface area (Å²) in [4.78, 5) is 25.0. The Kier molecular flexibility index (Phi) is 7.07. The molecule has 8 nitrogen and oxygen atoms in total. The van der Waals surface area contributed by atoms with Crippen molar-refractivity contribution in [2.75, 3.05) is 18.6 Å². The highest BCUT2D eigenvalue weighted by Crippen LogP contribution is 2.38. The lowest BCUT2D eigenvalue weighted by Gasteiger charge is -2.35. The molecule has 0 spiro atoms. The molecule has 1 unspecified atom stereocenters. The van der Waals surface area contributed by atoms with Crippen molar-refractivity contribution in [2.45, 2.75) is 43.0 Å². The van der Waals surface area contributed by atoms with Gasteiger partial charge in [0.2, 0.25) is 5.91 Å². The zero-order chi connectivity index (χ0) is 25.3. The number of carbonyl (C=O) groups is 1. The number of hydrogen-bond acceptors (Lipinski definition) is 8. The number of methoxy groups -OCH3 is 1. The molecule has 0 bridgehead atoms. The van der Waals surface area contributed by atoms with Crippen LogP contribution in [0.4, 0.5) is 5.13 Å². The largest absolute Gasteiger partial charge is 0.494 e. The van der Waals surface area contributed by atoms with E-state index in [0.717, 1.165) is 28.0 Å². The van der Waals surface area contributed by atoms with E-state index in [-0.39, 0.29) is 16.7 Å². The first-order valence-electron chi connectivity index (χ1n) is 11.6. The molecule has 3 aromatic heterocycles. The van der Waals surface area contributed by atoms with Gasteiger partial charge in [0.1, 0.15) is 21.5 Å². The van der Waals surface area contributed by atoms with E-state index in [1.165, 1.54) is 15.6 Å². The van der Waals surface area contributed by atoms with Gasteiger partial charge in [0.05, 0.1) is 24.0 Å². The Bertz CT molecular complexity index is 1470. The highest BCUT2D eigenvalue weighted by molar-refractivity contribution is 7.91. The number of thiophene rings is 1. The fourth-order valence-corrected chi connectivity index (χ4v) is 8.24. The number of amides is 1. The van der Waals surface area contributed by atoms with Crippen molar-refractivity contribution in [3.8, 4) is 5.75 Å². The molecule has 0 radical (unpaired) electrons. The van der Waals surface area contributed by atoms with Crippen LogP contribution in [0.2, 0.25) is 0 Å². The molecule has 1 aromatic carbocycles. The van der Waals surface area contributed by atoms with E-state index >= 15 is 0 Å². The van der Waals surface area contributed by atoms with Gasteiger partial charge in [-0.3, -0.25) is 14.7 Å². The van der Waals surface area contributed by atoms with Crippen LogP contribution in [0, 0.1) is 6.92 Å². The summed E-state index contributed by atoms with van der Waals surface area (Å²) >= 11 is 2.56. The van der Waals surface area contributed by atoms with E-state index in [1.807, 2.05) is 37.3 Å². The molecule has 1 saturated heterocycles. The molecule has 1 aliphatic heterocycles. The van der Waals surface area contributed by atoms with Crippen LogP contribution in [0.3, 0.4) is 0 Å². The normalized spacial score (nSPS) is 16.8. The third kappa shape index (κ3) is 4.63. The number of rotatable bonds is 7. The number of piperidine rings is 1. The number of pyridine rings is 1. The smallest absolute Gasteiger partial charge is 0.253 e. The monoisotopic (exact) mass is 542 g/mol. The standard InChI is InChI=1S/C25H26N4O4S3/c1-17-11-12-20(33-2)22-23(17)35-25(27-22)28(16-18-8-3-5-13-26-18)24(30)19-9-4-6-14-29(19)36(31,32)21-10-7-15-34-21/h3,5,7-8,10-13,15,19H,4,6,9,14,16H2,1-2H3. The summed E-state index contributed by atoms with van der Waals surface area (Å²) in [5.41, 5.74) is 2.40. The Morgan fingerprint density at radius 3 is 2.78 bits per heavy atom. The molecule has 5 rings (SSSR count). The summed E-state index contributed by atoms with van der Waals surface area (Å²) in [7, 11) is -2.20. The molecular formula is C25H26N4O4S3. The lowest BCUT2D eigenvalue weighted by molar-refractivity contribution is -0.123. The number of aryl methyl sites for hydroxylation is 1. The molecule has 1 fully saturated rings. The number of ether oxygens (including phenoxy) is 1. The Morgan fingerprint density at radius 2 is 2.06 bits per heavy atom. The van der Waals surface area contributed by atoms with E-state index in [9.17, 15) is 13.2 Å². The van der Waals surface area contributed by atoms with E-state index in [2.05, 4.69) is 4.98 Å². The number of fused-ring (bicyclic) bond motifs is 1. The van der Waals surface area contributed by atoms with Crippen molar-refractivity contribution in [3.63, 3.8) is 0 Å². The van der Waals surface area contributed by atoms with Crippen LogP contribution < -0.4 is 9.64 Å². The van der Waals surface area contributed by atoms with Gasteiger partial charge in [0.15, 0.2) is 5.13 Å². The van der Waals surface area contributed by atoms with Crippen molar-refractivity contribution >= 4 is 54.0 Å². The Balaban J connectivity index is 1.58. The molecule has 0 saturated carbocycles. The molecule has 1 aliphatic rings. The quantitative estimate of drug-likeness (QED) is 0.332. The number of sulfonamides is 1. The number of aromatic nitrogens is 2. The fourth-order valence-electron chi connectivity index (χ4n) is 4.42. The van der Waals surface area contributed by atoms with Gasteiger partial charge in [-0.1, -0.05) is 36.0 Å². The number of thiazole rings is 1. The van der Waals surface area contributed by atoms with E-state index < -0.39 is 16.1 Å². The number of nitrogens with zero attached hydrogens (tertiary/aromatic N) is 4. The zero-order valence-electron chi connectivity index (χ0n) is 20.0. The fraction of sp³-hybridized carbons (Fsp3) is 0.320. The van der Waals surface area contributed by atoms with Crippen LogP contribution in [0.5, 0.6) is 5.75 Å². The van der Waals surface area contributed by atoms with Gasteiger partial charge in [0.25, 0.3) is 10.0 Å². The predicted molar refractivity (Wildman–Crippen MR) is 142 cm³/mol. The topological polar surface area (TPSA) is 92.7 Å². The Labute approximate surface area is 218 Å². The van der Waals surface area contributed by atoms with Gasteiger partial charge < -0.3 is 4.74 Å². The minimum Gasteiger partial charge on any atom is -0.494 e. The van der Waals surface area contributed by atoms with Crippen molar-refractivity contribution in [3.05, 3.63) is 65.3 Å². The van der Waals surface area contributed by atoms with E-state index in [1.54, 1.807) is 35.7 Å². The van der Waals surface area contributed by atoms with Crippen LogP contribution in [-0.4, -0.2) is 48.3 Å². The number of anilines is 1. The molecular weight excluding hydrogens is 517 g/mol. The molecule has 1 atom stereocenters. The number of benzene rings is 1. The van der Waals surface area contributed by atoms with Gasteiger partial charge in [-0.25, -0.2) is 13.4 Å². The highest BCUT2D eigenvalue weighted by Gasteiger charge is 2.41. The Morgan fingerprint density at radius 1 is 1.19 bits per heavy atom. The van der Waals surface area contributed by atoms with Crippen LogP contribution in [-0.2, 0) is 21.4 Å². The maximum Gasteiger partial charge on any atom is 0.253 e. The lowest BCUT2D eigenvalue weighted by atomic mass is 10.0. The molecule has 0 aliphatic carbocycles. The molecule has 11 heteroatoms. The van der Waals surface area contributed by atoms with Gasteiger partial charge in [0, 0.05) is 12.7 Å².